The van der Waals surface area contributed by atoms with Crippen molar-refractivity contribution in [1.82, 2.24) is 0 Å². The van der Waals surface area contributed by atoms with Gasteiger partial charge in [0, 0.05) is 10.1 Å². The van der Waals surface area contributed by atoms with Crippen LogP contribution in [-0.4, -0.2) is 17.5 Å². The molecule has 2 aromatic rings. The lowest BCUT2D eigenvalue weighted by molar-refractivity contribution is 0.174. The van der Waals surface area contributed by atoms with Crippen molar-refractivity contribution in [1.29, 1.82) is 0 Å². The van der Waals surface area contributed by atoms with Gasteiger partial charge in [0.05, 0.1) is 13.2 Å². The Morgan fingerprint density at radius 3 is 2.67 bits per heavy atom. The first-order valence-electron chi connectivity index (χ1n) is 7.18. The predicted octanol–water partition coefficient (Wildman–Crippen LogP) is 4.06. The second-order valence-corrected chi connectivity index (χ2v) is 6.87. The Morgan fingerprint density at radius 2 is 1.95 bits per heavy atom. The molecule has 0 fully saturated rings. The lowest BCUT2D eigenvalue weighted by Crippen LogP contribution is -2.15. The molecule has 21 heavy (non-hydrogen) atoms. The van der Waals surface area contributed by atoms with E-state index in [4.69, 9.17) is 4.74 Å². The smallest absolute Gasteiger partial charge is 0.122 e. The molecule has 1 N–H and O–H groups in total. The summed E-state index contributed by atoms with van der Waals surface area (Å²) >= 11 is 1.78. The van der Waals surface area contributed by atoms with Crippen LogP contribution in [0.3, 0.4) is 0 Å². The molecule has 0 saturated heterocycles. The average molecular weight is 300 g/mol. The number of benzene rings is 2. The number of thioether (sulfide) groups is 1. The van der Waals surface area contributed by atoms with Gasteiger partial charge >= 0.3 is 0 Å². The summed E-state index contributed by atoms with van der Waals surface area (Å²) in [5.74, 6) is 0.880. The molecule has 2 nitrogen and oxygen atoms in total. The van der Waals surface area contributed by atoms with Crippen molar-refractivity contribution in [3.63, 3.8) is 0 Å². The number of fused-ring (bicyclic) bond motifs is 1. The van der Waals surface area contributed by atoms with Gasteiger partial charge in [-0.25, -0.2) is 0 Å². The van der Waals surface area contributed by atoms with E-state index in [-0.39, 0.29) is 5.25 Å². The minimum absolute atomic E-state index is 0.189. The Kier molecular flexibility index (Phi) is 3.96. The second kappa shape index (κ2) is 5.74. The number of hydrogen-bond donors (Lipinski definition) is 1. The number of aryl methyl sites for hydroxylation is 2. The Labute approximate surface area is 130 Å². The fourth-order valence-electron chi connectivity index (χ4n) is 2.94. The van der Waals surface area contributed by atoms with Crippen LogP contribution < -0.4 is 4.74 Å². The fraction of sp³-hybridized carbons (Fsp3) is 0.333. The summed E-state index contributed by atoms with van der Waals surface area (Å²) < 4.78 is 5.35. The molecular formula is C18H20O2S. The van der Waals surface area contributed by atoms with Crippen LogP contribution in [0.2, 0.25) is 0 Å². The summed E-state index contributed by atoms with van der Waals surface area (Å²) in [7, 11) is 1.68. The summed E-state index contributed by atoms with van der Waals surface area (Å²) in [6.07, 6.45) is 0.471. The lowest BCUT2D eigenvalue weighted by Gasteiger charge is -2.21. The van der Waals surface area contributed by atoms with Crippen molar-refractivity contribution in [3.8, 4) is 5.75 Å². The molecule has 0 radical (unpaired) electrons. The first-order valence-corrected chi connectivity index (χ1v) is 8.06. The maximum Gasteiger partial charge on any atom is 0.122 e. The maximum absolute atomic E-state index is 10.8. The monoisotopic (exact) mass is 300 g/mol. The van der Waals surface area contributed by atoms with Gasteiger partial charge in [-0.2, -0.15) is 0 Å². The Balaban J connectivity index is 1.87. The zero-order chi connectivity index (χ0) is 15.0. The number of aliphatic hydroxyl groups excluding tert-OH is 1. The third-order valence-electron chi connectivity index (χ3n) is 4.13. The minimum Gasteiger partial charge on any atom is -0.496 e. The van der Waals surface area contributed by atoms with Crippen molar-refractivity contribution in [2.24, 2.45) is 0 Å². The van der Waals surface area contributed by atoms with Crippen LogP contribution in [0, 0.1) is 13.8 Å². The Hall–Kier alpha value is -1.45. The predicted molar refractivity (Wildman–Crippen MR) is 87.2 cm³/mol. The molecule has 1 aliphatic rings. The molecular weight excluding hydrogens is 280 g/mol. The molecule has 2 atom stereocenters. The Bertz CT molecular complexity index is 641. The Morgan fingerprint density at radius 1 is 1.19 bits per heavy atom. The molecule has 2 aromatic carbocycles. The van der Waals surface area contributed by atoms with Gasteiger partial charge in [-0.05, 0) is 60.7 Å². The largest absolute Gasteiger partial charge is 0.496 e. The summed E-state index contributed by atoms with van der Waals surface area (Å²) in [4.78, 5) is 1.30. The number of ether oxygens (including phenoxy) is 1. The normalized spacial score (nSPS) is 18.4. The maximum atomic E-state index is 10.8. The summed E-state index contributed by atoms with van der Waals surface area (Å²) in [6, 6.07) is 12.5. The highest BCUT2D eigenvalue weighted by Gasteiger charge is 2.30. The van der Waals surface area contributed by atoms with E-state index in [1.165, 1.54) is 10.5 Å². The van der Waals surface area contributed by atoms with E-state index in [9.17, 15) is 5.11 Å². The van der Waals surface area contributed by atoms with Crippen LogP contribution in [0.5, 0.6) is 5.75 Å². The molecule has 0 amide bonds. The van der Waals surface area contributed by atoms with Crippen LogP contribution in [0.25, 0.3) is 0 Å². The zero-order valence-electron chi connectivity index (χ0n) is 12.6. The van der Waals surface area contributed by atoms with Crippen LogP contribution in [-0.2, 0) is 6.42 Å². The number of rotatable bonds is 3. The number of methoxy groups -OCH3 is 1. The molecule has 0 aromatic heterocycles. The quantitative estimate of drug-likeness (QED) is 0.927. The van der Waals surface area contributed by atoms with Gasteiger partial charge < -0.3 is 9.84 Å². The standard InChI is InChI=1S/C18H20O2S/c1-11-9-15(20-3)12(2)8-14(11)18(19)17-10-13-6-4-5-7-16(13)21-17/h4-9,17-19H,10H2,1-3H3. The van der Waals surface area contributed by atoms with Gasteiger partial charge in [-0.15, -0.1) is 11.8 Å². The van der Waals surface area contributed by atoms with E-state index in [1.807, 2.05) is 19.9 Å². The van der Waals surface area contributed by atoms with E-state index in [0.29, 0.717) is 0 Å². The molecule has 0 bridgehead atoms. The van der Waals surface area contributed by atoms with E-state index >= 15 is 0 Å². The third kappa shape index (κ3) is 2.68. The summed E-state index contributed by atoms with van der Waals surface area (Å²) in [5, 5.41) is 11.0. The third-order valence-corrected chi connectivity index (χ3v) is 5.51. The first-order chi connectivity index (χ1) is 10.1. The van der Waals surface area contributed by atoms with Crippen LogP contribution in [0.4, 0.5) is 0 Å². The van der Waals surface area contributed by atoms with Gasteiger partial charge in [-0.3, -0.25) is 0 Å². The average Bonchev–Trinajstić information content (AvgIpc) is 2.92. The fourth-order valence-corrected chi connectivity index (χ4v) is 4.26. The molecule has 3 rings (SSSR count). The lowest BCUT2D eigenvalue weighted by atomic mass is 9.95. The molecule has 1 heterocycles. The SMILES string of the molecule is COc1cc(C)c(C(O)C2Cc3ccccc3S2)cc1C. The van der Waals surface area contributed by atoms with Crippen LogP contribution in [0.1, 0.15) is 28.4 Å². The molecule has 2 unspecified atom stereocenters. The van der Waals surface area contributed by atoms with E-state index < -0.39 is 6.10 Å². The number of aliphatic hydroxyl groups is 1. The molecule has 3 heteroatoms. The first kappa shape index (κ1) is 14.5. The highest BCUT2D eigenvalue weighted by molar-refractivity contribution is 8.00. The van der Waals surface area contributed by atoms with Crippen molar-refractivity contribution in [3.05, 3.63) is 58.7 Å². The van der Waals surface area contributed by atoms with E-state index in [2.05, 4.69) is 30.3 Å². The number of hydrogen-bond acceptors (Lipinski definition) is 3. The zero-order valence-corrected chi connectivity index (χ0v) is 13.4. The van der Waals surface area contributed by atoms with Gasteiger partial charge in [-0.1, -0.05) is 18.2 Å². The molecule has 0 aliphatic carbocycles. The molecule has 110 valence electrons. The van der Waals surface area contributed by atoms with Gasteiger partial charge in [0.1, 0.15) is 5.75 Å². The van der Waals surface area contributed by atoms with Crippen molar-refractivity contribution < 1.29 is 9.84 Å². The molecule has 1 aliphatic heterocycles. The summed E-state index contributed by atoms with van der Waals surface area (Å²) in [5.41, 5.74) is 4.51. The topological polar surface area (TPSA) is 29.5 Å². The molecule has 0 spiro atoms. The van der Waals surface area contributed by atoms with E-state index in [1.54, 1.807) is 18.9 Å². The van der Waals surface area contributed by atoms with Gasteiger partial charge in [0.2, 0.25) is 0 Å². The highest BCUT2D eigenvalue weighted by Crippen LogP contribution is 2.43. The highest BCUT2D eigenvalue weighted by atomic mass is 32.2. The van der Waals surface area contributed by atoms with Gasteiger partial charge in [0.25, 0.3) is 0 Å². The molecule has 0 saturated carbocycles. The van der Waals surface area contributed by atoms with Gasteiger partial charge in [0.15, 0.2) is 0 Å². The second-order valence-electron chi connectivity index (χ2n) is 5.59. The van der Waals surface area contributed by atoms with Crippen molar-refractivity contribution in [2.75, 3.05) is 7.11 Å². The van der Waals surface area contributed by atoms with E-state index in [0.717, 1.165) is 28.9 Å². The van der Waals surface area contributed by atoms with Crippen LogP contribution >= 0.6 is 11.8 Å². The van der Waals surface area contributed by atoms with Crippen molar-refractivity contribution in [2.45, 2.75) is 36.5 Å². The van der Waals surface area contributed by atoms with Crippen LogP contribution in [0.15, 0.2) is 41.3 Å². The minimum atomic E-state index is -0.452. The summed E-state index contributed by atoms with van der Waals surface area (Å²) in [6.45, 7) is 4.05. The van der Waals surface area contributed by atoms with Crippen molar-refractivity contribution >= 4 is 11.8 Å².